The normalized spacial score (nSPS) is 11.0. The van der Waals surface area contributed by atoms with Crippen LogP contribution in [0, 0.1) is 6.92 Å². The molecule has 0 atom stereocenters. The summed E-state index contributed by atoms with van der Waals surface area (Å²) in [6.07, 6.45) is 5.80. The van der Waals surface area contributed by atoms with Crippen LogP contribution in [0.25, 0.3) is 0 Å². The third-order valence-electron chi connectivity index (χ3n) is 3.66. The fourth-order valence-corrected chi connectivity index (χ4v) is 3.01. The van der Waals surface area contributed by atoms with Crippen molar-refractivity contribution in [3.63, 3.8) is 0 Å². The van der Waals surface area contributed by atoms with Crippen LogP contribution in [0.1, 0.15) is 16.0 Å². The summed E-state index contributed by atoms with van der Waals surface area (Å²) in [6.45, 7) is 3.94. The lowest BCUT2D eigenvalue weighted by molar-refractivity contribution is 0.487. The number of pyridine rings is 1. The molecule has 6 heteroatoms. The molecule has 0 fully saturated rings. The molecule has 0 amide bonds. The topological polar surface area (TPSA) is 40.5 Å². The highest BCUT2D eigenvalue weighted by molar-refractivity contribution is 14.0. The average Bonchev–Trinajstić information content (AvgIpc) is 3.04. The van der Waals surface area contributed by atoms with Crippen LogP contribution in [-0.4, -0.2) is 43.0 Å². The molecular formula is C17H25IN4S. The summed E-state index contributed by atoms with van der Waals surface area (Å²) in [7, 11) is 3.92. The molecule has 126 valence electrons. The first-order valence-electron chi connectivity index (χ1n) is 7.54. The lowest BCUT2D eigenvalue weighted by Gasteiger charge is -2.22. The van der Waals surface area contributed by atoms with Gasteiger partial charge in [0.25, 0.3) is 0 Å². The van der Waals surface area contributed by atoms with Gasteiger partial charge in [-0.25, -0.2) is 0 Å². The highest BCUT2D eigenvalue weighted by atomic mass is 127. The van der Waals surface area contributed by atoms with Crippen LogP contribution < -0.4 is 5.32 Å². The Bertz CT molecular complexity index is 598. The Labute approximate surface area is 160 Å². The molecule has 0 unspecified atom stereocenters. The second kappa shape index (κ2) is 10.6. The SMILES string of the molecule is CN=C(NCCc1ccncc1C)N(C)CCc1cccs1.I. The van der Waals surface area contributed by atoms with E-state index in [0.717, 1.165) is 31.9 Å². The molecule has 0 aliphatic heterocycles. The zero-order valence-electron chi connectivity index (χ0n) is 14.0. The molecular weight excluding hydrogens is 419 g/mol. The van der Waals surface area contributed by atoms with Crippen LogP contribution in [0.4, 0.5) is 0 Å². The predicted octanol–water partition coefficient (Wildman–Crippen LogP) is 3.36. The Morgan fingerprint density at radius 3 is 2.83 bits per heavy atom. The van der Waals surface area contributed by atoms with E-state index in [9.17, 15) is 0 Å². The van der Waals surface area contributed by atoms with Crippen LogP contribution in [0.2, 0.25) is 0 Å². The maximum absolute atomic E-state index is 4.36. The minimum absolute atomic E-state index is 0. The molecule has 4 nitrogen and oxygen atoms in total. The summed E-state index contributed by atoms with van der Waals surface area (Å²) in [5.41, 5.74) is 2.57. The number of guanidine groups is 1. The molecule has 23 heavy (non-hydrogen) atoms. The lowest BCUT2D eigenvalue weighted by Crippen LogP contribution is -2.40. The van der Waals surface area contributed by atoms with Gasteiger partial charge in [-0.2, -0.15) is 0 Å². The van der Waals surface area contributed by atoms with Crippen molar-refractivity contribution in [1.82, 2.24) is 15.2 Å². The van der Waals surface area contributed by atoms with Gasteiger partial charge in [0.15, 0.2) is 5.96 Å². The number of aromatic nitrogens is 1. The van der Waals surface area contributed by atoms with E-state index < -0.39 is 0 Å². The Balaban J connectivity index is 0.00000264. The van der Waals surface area contributed by atoms with Crippen molar-refractivity contribution in [1.29, 1.82) is 0 Å². The van der Waals surface area contributed by atoms with Crippen molar-refractivity contribution in [2.45, 2.75) is 19.8 Å². The quantitative estimate of drug-likeness (QED) is 0.422. The zero-order valence-corrected chi connectivity index (χ0v) is 17.1. The number of rotatable bonds is 6. The number of nitrogens with zero attached hydrogens (tertiary/aromatic N) is 3. The molecule has 0 aliphatic carbocycles. The second-order valence-corrected chi connectivity index (χ2v) is 6.31. The summed E-state index contributed by atoms with van der Waals surface area (Å²) < 4.78 is 0. The van der Waals surface area contributed by atoms with Crippen molar-refractivity contribution in [2.24, 2.45) is 4.99 Å². The molecule has 0 bridgehead atoms. The third-order valence-corrected chi connectivity index (χ3v) is 4.60. The van der Waals surface area contributed by atoms with Gasteiger partial charge in [-0.1, -0.05) is 6.07 Å². The minimum atomic E-state index is 0. The van der Waals surface area contributed by atoms with Crippen molar-refractivity contribution >= 4 is 41.3 Å². The van der Waals surface area contributed by atoms with Gasteiger partial charge in [-0.05, 0) is 48.4 Å². The summed E-state index contributed by atoms with van der Waals surface area (Å²) in [5.74, 6) is 0.947. The summed E-state index contributed by atoms with van der Waals surface area (Å²) in [5, 5.41) is 5.56. The van der Waals surface area contributed by atoms with E-state index in [-0.39, 0.29) is 24.0 Å². The molecule has 0 aromatic carbocycles. The lowest BCUT2D eigenvalue weighted by atomic mass is 10.1. The molecule has 0 radical (unpaired) electrons. The Hall–Kier alpha value is -1.15. The van der Waals surface area contributed by atoms with Crippen molar-refractivity contribution < 1.29 is 0 Å². The first kappa shape index (κ1) is 19.9. The third kappa shape index (κ3) is 6.47. The number of hydrogen-bond donors (Lipinski definition) is 1. The van der Waals surface area contributed by atoms with Crippen LogP contribution in [0.5, 0.6) is 0 Å². The molecule has 2 aromatic rings. The summed E-state index contributed by atoms with van der Waals surface area (Å²) in [6, 6.07) is 6.37. The van der Waals surface area contributed by atoms with E-state index in [4.69, 9.17) is 0 Å². The van der Waals surface area contributed by atoms with Gasteiger partial charge >= 0.3 is 0 Å². The maximum atomic E-state index is 4.36. The fourth-order valence-electron chi connectivity index (χ4n) is 2.32. The number of aryl methyl sites for hydroxylation is 1. The molecule has 0 aliphatic rings. The number of thiophene rings is 1. The van der Waals surface area contributed by atoms with E-state index in [2.05, 4.69) is 57.7 Å². The van der Waals surface area contributed by atoms with Crippen LogP contribution >= 0.6 is 35.3 Å². The molecule has 2 heterocycles. The van der Waals surface area contributed by atoms with E-state index in [0.29, 0.717) is 0 Å². The smallest absolute Gasteiger partial charge is 0.193 e. The molecule has 0 saturated carbocycles. The van der Waals surface area contributed by atoms with Crippen molar-refractivity contribution in [2.75, 3.05) is 27.2 Å². The van der Waals surface area contributed by atoms with Crippen molar-refractivity contribution in [3.8, 4) is 0 Å². The predicted molar refractivity (Wildman–Crippen MR) is 110 cm³/mol. The standard InChI is InChI=1S/C17H24N4S.HI/c1-14-13-19-9-6-15(14)7-10-20-17(18-2)21(3)11-8-16-5-4-12-22-16;/h4-6,9,12-13H,7-8,10-11H2,1-3H3,(H,18,20);1H. The van der Waals surface area contributed by atoms with Gasteiger partial charge < -0.3 is 10.2 Å². The molecule has 0 saturated heterocycles. The number of nitrogens with one attached hydrogen (secondary N) is 1. The maximum Gasteiger partial charge on any atom is 0.193 e. The van der Waals surface area contributed by atoms with Gasteiger partial charge in [0, 0.05) is 44.5 Å². The van der Waals surface area contributed by atoms with E-state index >= 15 is 0 Å². The van der Waals surface area contributed by atoms with E-state index in [1.54, 1.807) is 0 Å². The van der Waals surface area contributed by atoms with Crippen LogP contribution in [-0.2, 0) is 12.8 Å². The second-order valence-electron chi connectivity index (χ2n) is 5.28. The van der Waals surface area contributed by atoms with E-state index in [1.807, 2.05) is 30.8 Å². The molecule has 1 N–H and O–H groups in total. The number of hydrogen-bond acceptors (Lipinski definition) is 3. The first-order valence-corrected chi connectivity index (χ1v) is 8.42. The Morgan fingerprint density at radius 2 is 2.17 bits per heavy atom. The van der Waals surface area contributed by atoms with Crippen LogP contribution in [0.15, 0.2) is 41.0 Å². The average molecular weight is 444 g/mol. The van der Waals surface area contributed by atoms with Gasteiger partial charge in [-0.15, -0.1) is 35.3 Å². The van der Waals surface area contributed by atoms with Gasteiger partial charge in [0.05, 0.1) is 0 Å². The van der Waals surface area contributed by atoms with Gasteiger partial charge in [0.1, 0.15) is 0 Å². The number of aliphatic imine (C=N–C) groups is 1. The fraction of sp³-hybridized carbons (Fsp3) is 0.412. The number of halogens is 1. The molecule has 0 spiro atoms. The minimum Gasteiger partial charge on any atom is -0.356 e. The van der Waals surface area contributed by atoms with Crippen molar-refractivity contribution in [3.05, 3.63) is 52.0 Å². The Morgan fingerprint density at radius 1 is 1.35 bits per heavy atom. The molecule has 2 aromatic heterocycles. The summed E-state index contributed by atoms with van der Waals surface area (Å²) in [4.78, 5) is 12.1. The monoisotopic (exact) mass is 444 g/mol. The number of likely N-dealkylation sites (N-methyl/N-ethyl adjacent to an activating group) is 1. The highest BCUT2D eigenvalue weighted by Gasteiger charge is 2.06. The zero-order chi connectivity index (χ0) is 15.8. The first-order chi connectivity index (χ1) is 10.7. The largest absolute Gasteiger partial charge is 0.356 e. The molecule has 2 rings (SSSR count). The van der Waals surface area contributed by atoms with Gasteiger partial charge in [-0.3, -0.25) is 9.98 Å². The van der Waals surface area contributed by atoms with E-state index in [1.165, 1.54) is 16.0 Å². The summed E-state index contributed by atoms with van der Waals surface area (Å²) >= 11 is 1.81. The van der Waals surface area contributed by atoms with Crippen LogP contribution in [0.3, 0.4) is 0 Å². The Kier molecular flexibility index (Phi) is 9.16. The highest BCUT2D eigenvalue weighted by Crippen LogP contribution is 2.09. The van der Waals surface area contributed by atoms with Gasteiger partial charge in [0.2, 0.25) is 0 Å².